The van der Waals surface area contributed by atoms with Crippen molar-refractivity contribution in [2.75, 3.05) is 9.80 Å². The minimum Gasteiger partial charge on any atom is -0.309 e. The molecule has 0 bridgehead atoms. The van der Waals surface area contributed by atoms with E-state index in [1.54, 1.807) is 12.4 Å². The standard InChI is InChI=1S/C46H42N4/c1-31-26-33(3)44(34(4)27-31)50(45-35(5)28-32(2)29-36(45)6)40-22-20-39(21-23-40)49(46-47-24-13-25-48-46)41-17-12-16-38(30-41)43-19-11-10-18-42(43)37-14-8-7-9-15-37/h7-30H,1-6H3. The molecule has 0 N–H and O–H groups in total. The van der Waals surface area contributed by atoms with Gasteiger partial charge in [-0.15, -0.1) is 0 Å². The van der Waals surface area contributed by atoms with Crippen molar-refractivity contribution >= 4 is 34.4 Å². The fourth-order valence-corrected chi connectivity index (χ4v) is 7.37. The monoisotopic (exact) mass is 650 g/mol. The molecule has 0 atom stereocenters. The third-order valence-electron chi connectivity index (χ3n) is 9.26. The van der Waals surface area contributed by atoms with Crippen molar-refractivity contribution < 1.29 is 0 Å². The summed E-state index contributed by atoms with van der Waals surface area (Å²) in [5.41, 5.74) is 17.7. The van der Waals surface area contributed by atoms with Gasteiger partial charge in [0.25, 0.3) is 0 Å². The average molecular weight is 651 g/mol. The molecule has 246 valence electrons. The van der Waals surface area contributed by atoms with Crippen LogP contribution in [0.15, 0.2) is 146 Å². The van der Waals surface area contributed by atoms with Gasteiger partial charge in [-0.1, -0.05) is 102 Å². The fraction of sp³-hybridized carbons (Fsp3) is 0.130. The first-order chi connectivity index (χ1) is 24.3. The normalized spacial score (nSPS) is 11.0. The van der Waals surface area contributed by atoms with E-state index in [-0.39, 0.29) is 0 Å². The van der Waals surface area contributed by atoms with Crippen LogP contribution in [0.25, 0.3) is 22.3 Å². The molecule has 7 rings (SSSR count). The minimum absolute atomic E-state index is 0.612. The van der Waals surface area contributed by atoms with Crippen molar-refractivity contribution in [1.29, 1.82) is 0 Å². The Morgan fingerprint density at radius 2 is 0.840 bits per heavy atom. The predicted molar refractivity (Wildman–Crippen MR) is 211 cm³/mol. The van der Waals surface area contributed by atoms with Crippen molar-refractivity contribution in [3.63, 3.8) is 0 Å². The molecule has 0 saturated carbocycles. The number of hydrogen-bond acceptors (Lipinski definition) is 4. The van der Waals surface area contributed by atoms with Gasteiger partial charge in [0.05, 0.1) is 11.4 Å². The molecule has 0 aliphatic rings. The minimum atomic E-state index is 0.612. The highest BCUT2D eigenvalue weighted by Crippen LogP contribution is 2.44. The molecule has 0 aliphatic carbocycles. The van der Waals surface area contributed by atoms with Gasteiger partial charge >= 0.3 is 0 Å². The van der Waals surface area contributed by atoms with Crippen LogP contribution in [0.1, 0.15) is 33.4 Å². The molecule has 0 radical (unpaired) electrons. The fourth-order valence-electron chi connectivity index (χ4n) is 7.37. The highest BCUT2D eigenvalue weighted by atomic mass is 15.3. The van der Waals surface area contributed by atoms with Crippen LogP contribution in [0, 0.1) is 41.5 Å². The Labute approximate surface area is 296 Å². The molecule has 4 nitrogen and oxygen atoms in total. The highest BCUT2D eigenvalue weighted by Gasteiger charge is 2.22. The van der Waals surface area contributed by atoms with E-state index in [4.69, 9.17) is 9.97 Å². The quantitative estimate of drug-likeness (QED) is 0.164. The molecule has 0 amide bonds. The molecular formula is C46H42N4. The molecule has 1 heterocycles. The van der Waals surface area contributed by atoms with Gasteiger partial charge in [0, 0.05) is 29.5 Å². The van der Waals surface area contributed by atoms with Crippen molar-refractivity contribution in [2.45, 2.75) is 41.5 Å². The van der Waals surface area contributed by atoms with Gasteiger partial charge in [0.2, 0.25) is 5.95 Å². The second-order valence-corrected chi connectivity index (χ2v) is 13.2. The smallest absolute Gasteiger partial charge is 0.234 e. The summed E-state index contributed by atoms with van der Waals surface area (Å²) in [5, 5.41) is 0. The zero-order valence-electron chi connectivity index (χ0n) is 29.6. The molecule has 0 aliphatic heterocycles. The van der Waals surface area contributed by atoms with Crippen LogP contribution in [-0.4, -0.2) is 9.97 Å². The molecule has 0 fully saturated rings. The number of nitrogens with zero attached hydrogens (tertiary/aromatic N) is 4. The first-order valence-electron chi connectivity index (χ1n) is 17.2. The molecule has 0 spiro atoms. The average Bonchev–Trinajstić information content (AvgIpc) is 3.12. The van der Waals surface area contributed by atoms with Crippen LogP contribution in [-0.2, 0) is 0 Å². The molecule has 6 aromatic carbocycles. The van der Waals surface area contributed by atoms with E-state index in [0.29, 0.717) is 5.95 Å². The molecular weight excluding hydrogens is 609 g/mol. The Balaban J connectivity index is 1.35. The molecule has 50 heavy (non-hydrogen) atoms. The van der Waals surface area contributed by atoms with Gasteiger partial charge in [0.1, 0.15) is 0 Å². The van der Waals surface area contributed by atoms with E-state index < -0.39 is 0 Å². The van der Waals surface area contributed by atoms with Gasteiger partial charge in [-0.05, 0) is 129 Å². The van der Waals surface area contributed by atoms with Gasteiger partial charge in [-0.2, -0.15) is 0 Å². The predicted octanol–water partition coefficient (Wildman–Crippen LogP) is 12.6. The van der Waals surface area contributed by atoms with Crippen LogP contribution in [0.5, 0.6) is 0 Å². The Bertz CT molecular complexity index is 2170. The van der Waals surface area contributed by atoms with E-state index in [0.717, 1.165) is 22.6 Å². The summed E-state index contributed by atoms with van der Waals surface area (Å²) in [6.07, 6.45) is 3.60. The van der Waals surface area contributed by atoms with E-state index in [1.165, 1.54) is 61.4 Å². The Morgan fingerprint density at radius 3 is 1.38 bits per heavy atom. The van der Waals surface area contributed by atoms with Gasteiger partial charge in [-0.25, -0.2) is 9.97 Å². The van der Waals surface area contributed by atoms with Crippen LogP contribution >= 0.6 is 0 Å². The first-order valence-corrected chi connectivity index (χ1v) is 17.2. The molecule has 1 aromatic heterocycles. The topological polar surface area (TPSA) is 32.3 Å². The molecule has 4 heteroatoms. The van der Waals surface area contributed by atoms with Crippen molar-refractivity contribution in [3.8, 4) is 22.3 Å². The third kappa shape index (κ3) is 6.40. The summed E-state index contributed by atoms with van der Waals surface area (Å²) >= 11 is 0. The van der Waals surface area contributed by atoms with Crippen LogP contribution in [0.4, 0.5) is 34.4 Å². The Kier molecular flexibility index (Phi) is 9.02. The largest absolute Gasteiger partial charge is 0.309 e. The second-order valence-electron chi connectivity index (χ2n) is 13.2. The zero-order chi connectivity index (χ0) is 34.8. The van der Waals surface area contributed by atoms with E-state index in [2.05, 4.69) is 179 Å². The van der Waals surface area contributed by atoms with E-state index in [1.807, 2.05) is 6.07 Å². The first kappa shape index (κ1) is 32.5. The Morgan fingerprint density at radius 1 is 0.380 bits per heavy atom. The number of benzene rings is 6. The number of aromatic nitrogens is 2. The summed E-state index contributed by atoms with van der Waals surface area (Å²) in [6.45, 7) is 13.2. The van der Waals surface area contributed by atoms with Crippen LogP contribution < -0.4 is 9.80 Å². The SMILES string of the molecule is Cc1cc(C)c(N(c2ccc(N(c3cccc(-c4ccccc4-c4ccccc4)c3)c3ncccn3)cc2)c2c(C)cc(C)cc2C)c(C)c1. The van der Waals surface area contributed by atoms with Gasteiger partial charge in [-0.3, -0.25) is 4.90 Å². The lowest BCUT2D eigenvalue weighted by molar-refractivity contribution is 1.08. The maximum absolute atomic E-state index is 4.72. The highest BCUT2D eigenvalue weighted by molar-refractivity contribution is 5.87. The summed E-state index contributed by atoms with van der Waals surface area (Å²) in [6, 6.07) is 47.6. The van der Waals surface area contributed by atoms with E-state index in [9.17, 15) is 0 Å². The van der Waals surface area contributed by atoms with Gasteiger partial charge in [0.15, 0.2) is 0 Å². The second kappa shape index (κ2) is 13.9. The van der Waals surface area contributed by atoms with Gasteiger partial charge < -0.3 is 4.90 Å². The molecule has 7 aromatic rings. The summed E-state index contributed by atoms with van der Waals surface area (Å²) < 4.78 is 0. The number of anilines is 6. The van der Waals surface area contributed by atoms with Crippen molar-refractivity contribution in [3.05, 3.63) is 179 Å². The lowest BCUT2D eigenvalue weighted by Crippen LogP contribution is -2.17. The maximum atomic E-state index is 4.72. The van der Waals surface area contributed by atoms with Crippen LogP contribution in [0.2, 0.25) is 0 Å². The Hall–Kier alpha value is -6.00. The zero-order valence-corrected chi connectivity index (χ0v) is 29.6. The van der Waals surface area contributed by atoms with E-state index >= 15 is 0 Å². The molecule has 0 unspecified atom stereocenters. The molecule has 0 saturated heterocycles. The van der Waals surface area contributed by atoms with Crippen molar-refractivity contribution in [2.24, 2.45) is 0 Å². The number of aryl methyl sites for hydroxylation is 6. The maximum Gasteiger partial charge on any atom is 0.234 e. The lowest BCUT2D eigenvalue weighted by Gasteiger charge is -2.32. The lowest BCUT2D eigenvalue weighted by atomic mass is 9.94. The number of hydrogen-bond donors (Lipinski definition) is 0. The number of rotatable bonds is 8. The summed E-state index contributed by atoms with van der Waals surface area (Å²) in [7, 11) is 0. The van der Waals surface area contributed by atoms with Crippen LogP contribution in [0.3, 0.4) is 0 Å². The summed E-state index contributed by atoms with van der Waals surface area (Å²) in [4.78, 5) is 14.0. The van der Waals surface area contributed by atoms with Crippen molar-refractivity contribution in [1.82, 2.24) is 9.97 Å². The summed E-state index contributed by atoms with van der Waals surface area (Å²) in [5.74, 6) is 0.612. The third-order valence-corrected chi connectivity index (χ3v) is 9.26.